The van der Waals surface area contributed by atoms with Crippen molar-refractivity contribution in [1.82, 2.24) is 5.32 Å². The standard InChI is InChI=1S/C14H15BrN2O3/c1-8-10-7-9(15)3-4-11(10)20-14(19)12(8)13(18)17-6-2-5-16/h3-4,7H,2,5-6,16H2,1H3,(H,17,18). The fraction of sp³-hybridized carbons (Fsp3) is 0.286. The van der Waals surface area contributed by atoms with Gasteiger partial charge < -0.3 is 15.5 Å². The molecule has 0 saturated heterocycles. The number of rotatable bonds is 4. The largest absolute Gasteiger partial charge is 0.422 e. The number of hydrogen-bond donors (Lipinski definition) is 2. The second-order valence-corrected chi connectivity index (χ2v) is 5.34. The molecule has 0 saturated carbocycles. The highest BCUT2D eigenvalue weighted by Crippen LogP contribution is 2.23. The second kappa shape index (κ2) is 6.19. The molecule has 0 aliphatic heterocycles. The molecule has 1 heterocycles. The second-order valence-electron chi connectivity index (χ2n) is 4.43. The minimum absolute atomic E-state index is 0.0487. The highest BCUT2D eigenvalue weighted by molar-refractivity contribution is 9.10. The van der Waals surface area contributed by atoms with Crippen molar-refractivity contribution in [3.63, 3.8) is 0 Å². The van der Waals surface area contributed by atoms with Gasteiger partial charge in [0, 0.05) is 16.4 Å². The third kappa shape index (κ3) is 2.91. The maximum atomic E-state index is 12.1. The molecule has 6 heteroatoms. The molecule has 0 bridgehead atoms. The highest BCUT2D eigenvalue weighted by atomic mass is 79.9. The van der Waals surface area contributed by atoms with E-state index < -0.39 is 11.5 Å². The number of hydrogen-bond acceptors (Lipinski definition) is 4. The summed E-state index contributed by atoms with van der Waals surface area (Å²) >= 11 is 3.36. The summed E-state index contributed by atoms with van der Waals surface area (Å²) in [6.07, 6.45) is 0.662. The molecule has 3 N–H and O–H groups in total. The van der Waals surface area contributed by atoms with Crippen LogP contribution in [-0.4, -0.2) is 19.0 Å². The zero-order valence-corrected chi connectivity index (χ0v) is 12.6. The molecule has 20 heavy (non-hydrogen) atoms. The van der Waals surface area contributed by atoms with E-state index in [9.17, 15) is 9.59 Å². The molecule has 0 unspecified atom stereocenters. The summed E-state index contributed by atoms with van der Waals surface area (Å²) in [5, 5.41) is 3.41. The van der Waals surface area contributed by atoms with Gasteiger partial charge in [0.05, 0.1) is 0 Å². The zero-order valence-electron chi connectivity index (χ0n) is 11.0. The summed E-state index contributed by atoms with van der Waals surface area (Å²) in [6.45, 7) is 2.66. The van der Waals surface area contributed by atoms with Crippen LogP contribution in [0.25, 0.3) is 11.0 Å². The molecule has 0 aliphatic carbocycles. The molecule has 0 spiro atoms. The fourth-order valence-electron chi connectivity index (χ4n) is 1.98. The lowest BCUT2D eigenvalue weighted by Crippen LogP contribution is -2.31. The summed E-state index contributed by atoms with van der Waals surface area (Å²) < 4.78 is 6.05. The van der Waals surface area contributed by atoms with Gasteiger partial charge in [0.1, 0.15) is 11.1 Å². The molecule has 0 radical (unpaired) electrons. The Bertz CT molecular complexity index is 709. The van der Waals surface area contributed by atoms with Crippen LogP contribution >= 0.6 is 15.9 Å². The molecule has 0 aliphatic rings. The molecule has 1 aromatic heterocycles. The monoisotopic (exact) mass is 338 g/mol. The van der Waals surface area contributed by atoms with Gasteiger partial charge in [-0.1, -0.05) is 15.9 Å². The predicted molar refractivity (Wildman–Crippen MR) is 80.9 cm³/mol. The van der Waals surface area contributed by atoms with Crippen molar-refractivity contribution < 1.29 is 9.21 Å². The Morgan fingerprint density at radius 3 is 2.90 bits per heavy atom. The van der Waals surface area contributed by atoms with Crippen molar-refractivity contribution in [2.24, 2.45) is 5.73 Å². The number of amides is 1. The van der Waals surface area contributed by atoms with Crippen molar-refractivity contribution in [3.8, 4) is 0 Å². The number of fused-ring (bicyclic) bond motifs is 1. The molecule has 106 valence electrons. The highest BCUT2D eigenvalue weighted by Gasteiger charge is 2.18. The van der Waals surface area contributed by atoms with Gasteiger partial charge in [0.25, 0.3) is 5.91 Å². The number of benzene rings is 1. The van der Waals surface area contributed by atoms with Crippen LogP contribution in [0.2, 0.25) is 0 Å². The molecule has 5 nitrogen and oxygen atoms in total. The molecule has 0 fully saturated rings. The molecule has 1 aromatic carbocycles. The van der Waals surface area contributed by atoms with Gasteiger partial charge in [-0.3, -0.25) is 4.79 Å². The van der Waals surface area contributed by atoms with Crippen LogP contribution in [0.3, 0.4) is 0 Å². The van der Waals surface area contributed by atoms with E-state index in [-0.39, 0.29) is 5.56 Å². The van der Waals surface area contributed by atoms with Crippen molar-refractivity contribution in [2.75, 3.05) is 13.1 Å². The van der Waals surface area contributed by atoms with Gasteiger partial charge in [-0.05, 0) is 43.7 Å². The van der Waals surface area contributed by atoms with Crippen LogP contribution in [-0.2, 0) is 0 Å². The van der Waals surface area contributed by atoms with Crippen molar-refractivity contribution in [1.29, 1.82) is 0 Å². The van der Waals surface area contributed by atoms with E-state index in [0.29, 0.717) is 30.7 Å². The lowest BCUT2D eigenvalue weighted by molar-refractivity contribution is 0.0949. The Labute approximate surface area is 124 Å². The molecular weight excluding hydrogens is 324 g/mol. The number of halogens is 1. The van der Waals surface area contributed by atoms with Gasteiger partial charge in [-0.2, -0.15) is 0 Å². The summed E-state index contributed by atoms with van der Waals surface area (Å²) in [6, 6.07) is 5.31. The van der Waals surface area contributed by atoms with Crippen LogP contribution < -0.4 is 16.7 Å². The Morgan fingerprint density at radius 2 is 2.20 bits per heavy atom. The summed E-state index contributed by atoms with van der Waals surface area (Å²) in [5.41, 5.74) is 5.87. The topological polar surface area (TPSA) is 85.3 Å². The van der Waals surface area contributed by atoms with Crippen LogP contribution in [0.4, 0.5) is 0 Å². The minimum atomic E-state index is -0.623. The molecule has 2 aromatic rings. The Balaban J connectivity index is 2.48. The third-order valence-corrected chi connectivity index (χ3v) is 3.51. The first-order valence-electron chi connectivity index (χ1n) is 6.26. The van der Waals surface area contributed by atoms with Gasteiger partial charge >= 0.3 is 5.63 Å². The maximum Gasteiger partial charge on any atom is 0.349 e. The van der Waals surface area contributed by atoms with E-state index in [1.165, 1.54) is 0 Å². The maximum absolute atomic E-state index is 12.1. The molecule has 0 atom stereocenters. The number of carbonyl (C=O) groups is 1. The van der Waals surface area contributed by atoms with Crippen molar-refractivity contribution in [2.45, 2.75) is 13.3 Å². The van der Waals surface area contributed by atoms with E-state index in [4.69, 9.17) is 10.2 Å². The van der Waals surface area contributed by atoms with Gasteiger partial charge in [-0.15, -0.1) is 0 Å². The predicted octanol–water partition coefficient (Wildman–Crippen LogP) is 1.94. The summed E-state index contributed by atoms with van der Waals surface area (Å²) in [7, 11) is 0. The summed E-state index contributed by atoms with van der Waals surface area (Å²) in [5.74, 6) is -0.424. The van der Waals surface area contributed by atoms with Crippen LogP contribution in [0.15, 0.2) is 31.9 Å². The van der Waals surface area contributed by atoms with E-state index >= 15 is 0 Å². The first-order chi connectivity index (χ1) is 9.54. The number of nitrogens with one attached hydrogen (secondary N) is 1. The van der Waals surface area contributed by atoms with Crippen molar-refractivity contribution in [3.05, 3.63) is 44.2 Å². The normalized spacial score (nSPS) is 10.8. The van der Waals surface area contributed by atoms with E-state index in [2.05, 4.69) is 21.2 Å². The average molecular weight is 339 g/mol. The van der Waals surface area contributed by atoms with Crippen LogP contribution in [0, 0.1) is 6.92 Å². The number of carbonyl (C=O) groups excluding carboxylic acids is 1. The smallest absolute Gasteiger partial charge is 0.349 e. The Hall–Kier alpha value is -1.66. The van der Waals surface area contributed by atoms with E-state index in [1.807, 2.05) is 6.07 Å². The Morgan fingerprint density at radius 1 is 1.45 bits per heavy atom. The first kappa shape index (κ1) is 14.7. The molecule has 1 amide bonds. The fourth-order valence-corrected chi connectivity index (χ4v) is 2.34. The molecule has 2 rings (SSSR count). The van der Waals surface area contributed by atoms with Gasteiger partial charge in [0.15, 0.2) is 0 Å². The van der Waals surface area contributed by atoms with Crippen LogP contribution in [0.1, 0.15) is 22.3 Å². The molecular formula is C14H15BrN2O3. The summed E-state index contributed by atoms with van der Waals surface area (Å²) in [4.78, 5) is 24.0. The first-order valence-corrected chi connectivity index (χ1v) is 7.05. The van der Waals surface area contributed by atoms with E-state index in [1.54, 1.807) is 19.1 Å². The van der Waals surface area contributed by atoms with Crippen LogP contribution in [0.5, 0.6) is 0 Å². The SMILES string of the molecule is Cc1c(C(=O)NCCCN)c(=O)oc2ccc(Br)cc12. The Kier molecular flexibility index (Phi) is 4.57. The lowest BCUT2D eigenvalue weighted by Gasteiger charge is -2.08. The number of aryl methyl sites for hydroxylation is 1. The minimum Gasteiger partial charge on any atom is -0.422 e. The quantitative estimate of drug-likeness (QED) is 0.659. The van der Waals surface area contributed by atoms with Gasteiger partial charge in [-0.25, -0.2) is 4.79 Å². The lowest BCUT2D eigenvalue weighted by atomic mass is 10.1. The zero-order chi connectivity index (χ0) is 14.7. The number of nitrogens with two attached hydrogens (primary N) is 1. The van der Waals surface area contributed by atoms with Crippen molar-refractivity contribution >= 4 is 32.8 Å². The van der Waals surface area contributed by atoms with E-state index in [0.717, 1.165) is 9.86 Å². The average Bonchev–Trinajstić information content (AvgIpc) is 2.40. The third-order valence-electron chi connectivity index (χ3n) is 3.02. The van der Waals surface area contributed by atoms with Gasteiger partial charge in [0.2, 0.25) is 0 Å².